The quantitative estimate of drug-likeness (QED) is 0.887. The summed E-state index contributed by atoms with van der Waals surface area (Å²) in [6.45, 7) is 10.3. The Hall–Kier alpha value is -1.06. The number of nitrogens with one attached hydrogen (secondary N) is 1. The first-order valence-electron chi connectivity index (χ1n) is 6.53. The molecule has 0 radical (unpaired) electrons. The molecule has 0 spiro atoms. The van der Waals surface area contributed by atoms with Crippen LogP contribution >= 0.6 is 12.4 Å². The second kappa shape index (κ2) is 7.51. The average Bonchev–Trinajstić information content (AvgIpc) is 2.28. The number of hydrogen-bond donors (Lipinski definition) is 2. The maximum Gasteiger partial charge on any atom is 0.241 e. The second-order valence-corrected chi connectivity index (χ2v) is 5.43. The first kappa shape index (κ1) is 17.9. The van der Waals surface area contributed by atoms with Gasteiger partial charge in [0.1, 0.15) is 0 Å². The molecule has 0 heterocycles. The van der Waals surface area contributed by atoms with Crippen molar-refractivity contribution in [3.05, 3.63) is 29.3 Å². The number of benzene rings is 1. The van der Waals surface area contributed by atoms with E-state index in [9.17, 15) is 4.79 Å². The minimum atomic E-state index is -0.491. The van der Waals surface area contributed by atoms with E-state index in [4.69, 9.17) is 5.73 Å². The molecule has 0 aliphatic heterocycles. The van der Waals surface area contributed by atoms with Gasteiger partial charge in [-0.15, -0.1) is 12.4 Å². The lowest BCUT2D eigenvalue weighted by Crippen LogP contribution is -2.32. The molecule has 19 heavy (non-hydrogen) atoms. The van der Waals surface area contributed by atoms with E-state index >= 15 is 0 Å². The molecule has 1 aromatic rings. The van der Waals surface area contributed by atoms with Crippen LogP contribution in [-0.4, -0.2) is 11.9 Å². The van der Waals surface area contributed by atoms with Crippen LogP contribution in [0.2, 0.25) is 0 Å². The number of carbonyl (C=O) groups excluding carboxylic acids is 1. The van der Waals surface area contributed by atoms with Crippen LogP contribution in [-0.2, 0) is 4.79 Å². The van der Waals surface area contributed by atoms with Gasteiger partial charge in [0, 0.05) is 5.69 Å². The first-order valence-corrected chi connectivity index (χ1v) is 6.53. The lowest BCUT2D eigenvalue weighted by Gasteiger charge is -2.17. The van der Waals surface area contributed by atoms with E-state index in [1.54, 1.807) is 6.92 Å². The molecule has 3 nitrogen and oxygen atoms in total. The Morgan fingerprint density at radius 1 is 1.11 bits per heavy atom. The molecule has 0 saturated carbocycles. The summed E-state index contributed by atoms with van der Waals surface area (Å²) in [6, 6.07) is 5.72. The van der Waals surface area contributed by atoms with E-state index in [2.05, 4.69) is 45.1 Å². The Balaban J connectivity index is 0.00000324. The summed E-state index contributed by atoms with van der Waals surface area (Å²) >= 11 is 0. The third-order valence-corrected chi connectivity index (χ3v) is 3.04. The van der Waals surface area contributed by atoms with Crippen LogP contribution < -0.4 is 11.1 Å². The molecule has 0 saturated heterocycles. The zero-order chi connectivity index (χ0) is 13.9. The molecule has 1 rings (SSSR count). The number of hydrogen-bond acceptors (Lipinski definition) is 2. The molecule has 1 aromatic carbocycles. The van der Waals surface area contributed by atoms with Gasteiger partial charge in [-0.2, -0.15) is 0 Å². The standard InChI is InChI=1S/C15H24N2O.ClH/c1-9(2)12-6-7-14(13(8-12)10(3)4)17-15(18)11(5)16;/h6-11H,16H2,1-5H3,(H,17,18);1H/t11-;/m1./s1. The fraction of sp³-hybridized carbons (Fsp3) is 0.533. The normalized spacial score (nSPS) is 12.2. The molecule has 1 amide bonds. The SMILES string of the molecule is CC(C)c1ccc(NC(=O)[C@@H](C)N)c(C(C)C)c1.Cl. The molecule has 0 aromatic heterocycles. The Morgan fingerprint density at radius 2 is 1.68 bits per heavy atom. The fourth-order valence-electron chi connectivity index (χ4n) is 1.78. The maximum absolute atomic E-state index is 11.7. The molecule has 4 heteroatoms. The predicted octanol–water partition coefficient (Wildman–Crippen LogP) is 3.64. The molecule has 108 valence electrons. The molecule has 0 aliphatic rings. The van der Waals surface area contributed by atoms with Crippen molar-refractivity contribution in [2.45, 2.75) is 52.5 Å². The van der Waals surface area contributed by atoms with Crippen molar-refractivity contribution >= 4 is 24.0 Å². The highest BCUT2D eigenvalue weighted by molar-refractivity contribution is 5.95. The third-order valence-electron chi connectivity index (χ3n) is 3.04. The van der Waals surface area contributed by atoms with E-state index in [0.717, 1.165) is 11.3 Å². The van der Waals surface area contributed by atoms with E-state index in [1.165, 1.54) is 5.56 Å². The van der Waals surface area contributed by atoms with E-state index < -0.39 is 6.04 Å². The summed E-state index contributed by atoms with van der Waals surface area (Å²) in [5.74, 6) is 0.710. The summed E-state index contributed by atoms with van der Waals surface area (Å²) in [5.41, 5.74) is 8.90. The van der Waals surface area contributed by atoms with Gasteiger partial charge in [0.2, 0.25) is 5.91 Å². The van der Waals surface area contributed by atoms with E-state index in [0.29, 0.717) is 11.8 Å². The van der Waals surface area contributed by atoms with Crippen LogP contribution in [0.3, 0.4) is 0 Å². The Morgan fingerprint density at radius 3 is 2.11 bits per heavy atom. The van der Waals surface area contributed by atoms with Gasteiger partial charge in [-0.25, -0.2) is 0 Å². The highest BCUT2D eigenvalue weighted by atomic mass is 35.5. The van der Waals surface area contributed by atoms with Crippen LogP contribution in [0.5, 0.6) is 0 Å². The Bertz CT molecular complexity index is 428. The second-order valence-electron chi connectivity index (χ2n) is 5.43. The number of amides is 1. The summed E-state index contributed by atoms with van der Waals surface area (Å²) in [7, 11) is 0. The Labute approximate surface area is 122 Å². The molecule has 3 N–H and O–H groups in total. The van der Waals surface area contributed by atoms with E-state index in [-0.39, 0.29) is 18.3 Å². The largest absolute Gasteiger partial charge is 0.324 e. The number of nitrogens with two attached hydrogens (primary N) is 1. The van der Waals surface area contributed by atoms with Gasteiger partial charge >= 0.3 is 0 Å². The van der Waals surface area contributed by atoms with Crippen molar-refractivity contribution in [1.82, 2.24) is 0 Å². The smallest absolute Gasteiger partial charge is 0.241 e. The molecule has 0 bridgehead atoms. The lowest BCUT2D eigenvalue weighted by molar-refractivity contribution is -0.117. The fourth-order valence-corrected chi connectivity index (χ4v) is 1.78. The number of halogens is 1. The maximum atomic E-state index is 11.7. The highest BCUT2D eigenvalue weighted by Gasteiger charge is 2.13. The van der Waals surface area contributed by atoms with Crippen molar-refractivity contribution in [1.29, 1.82) is 0 Å². The summed E-state index contributed by atoms with van der Waals surface area (Å²) in [5, 5.41) is 2.89. The molecule has 0 unspecified atom stereocenters. The number of carbonyl (C=O) groups is 1. The lowest BCUT2D eigenvalue weighted by atomic mass is 9.94. The summed E-state index contributed by atoms with van der Waals surface area (Å²) in [4.78, 5) is 11.7. The van der Waals surface area contributed by atoms with Crippen molar-refractivity contribution in [2.24, 2.45) is 5.73 Å². The van der Waals surface area contributed by atoms with Crippen LogP contribution in [0.4, 0.5) is 5.69 Å². The monoisotopic (exact) mass is 284 g/mol. The number of rotatable bonds is 4. The molecule has 0 fully saturated rings. The van der Waals surface area contributed by atoms with Gasteiger partial charge in [0.15, 0.2) is 0 Å². The van der Waals surface area contributed by atoms with Gasteiger partial charge in [0.05, 0.1) is 6.04 Å². The van der Waals surface area contributed by atoms with Gasteiger partial charge < -0.3 is 11.1 Å². The Kier molecular flexibility index (Phi) is 7.09. The van der Waals surface area contributed by atoms with Crippen molar-refractivity contribution in [2.75, 3.05) is 5.32 Å². The molecule has 1 atom stereocenters. The van der Waals surface area contributed by atoms with Crippen LogP contribution in [0.1, 0.15) is 57.6 Å². The van der Waals surface area contributed by atoms with Crippen LogP contribution in [0.25, 0.3) is 0 Å². The predicted molar refractivity (Wildman–Crippen MR) is 84.1 cm³/mol. The topological polar surface area (TPSA) is 55.1 Å². The van der Waals surface area contributed by atoms with Gasteiger partial charge in [-0.05, 0) is 36.0 Å². The minimum Gasteiger partial charge on any atom is -0.324 e. The van der Waals surface area contributed by atoms with Crippen LogP contribution in [0, 0.1) is 0 Å². The zero-order valence-corrected chi connectivity index (χ0v) is 13.2. The van der Waals surface area contributed by atoms with Gasteiger partial charge in [0.25, 0.3) is 0 Å². The minimum absolute atomic E-state index is 0. The summed E-state index contributed by atoms with van der Waals surface area (Å²) < 4.78 is 0. The first-order chi connectivity index (χ1) is 8.32. The van der Waals surface area contributed by atoms with Gasteiger partial charge in [-0.1, -0.05) is 39.8 Å². The van der Waals surface area contributed by atoms with Crippen molar-refractivity contribution in [3.8, 4) is 0 Å². The van der Waals surface area contributed by atoms with Crippen molar-refractivity contribution in [3.63, 3.8) is 0 Å². The highest BCUT2D eigenvalue weighted by Crippen LogP contribution is 2.28. The number of anilines is 1. The molecular weight excluding hydrogens is 260 g/mol. The van der Waals surface area contributed by atoms with Gasteiger partial charge in [-0.3, -0.25) is 4.79 Å². The van der Waals surface area contributed by atoms with E-state index in [1.807, 2.05) is 6.07 Å². The van der Waals surface area contributed by atoms with Crippen LogP contribution in [0.15, 0.2) is 18.2 Å². The summed E-state index contributed by atoms with van der Waals surface area (Å²) in [6.07, 6.45) is 0. The van der Waals surface area contributed by atoms with Crippen molar-refractivity contribution < 1.29 is 4.79 Å². The third kappa shape index (κ3) is 4.84. The molecular formula is C15H25ClN2O. The molecule has 0 aliphatic carbocycles. The zero-order valence-electron chi connectivity index (χ0n) is 12.4. The average molecular weight is 285 g/mol.